The Morgan fingerprint density at radius 3 is 2.46 bits per heavy atom. The molecule has 35 heavy (non-hydrogen) atoms. The van der Waals surface area contributed by atoms with E-state index in [0.717, 1.165) is 17.0 Å². The summed E-state index contributed by atoms with van der Waals surface area (Å²) in [6, 6.07) is 12.5. The Hall–Kier alpha value is -3.52. The van der Waals surface area contributed by atoms with Crippen molar-refractivity contribution in [1.82, 2.24) is 13.5 Å². The number of aryl methyl sites for hydroxylation is 3. The first-order valence-electron chi connectivity index (χ1n) is 11.2. The first-order valence-corrected chi connectivity index (χ1v) is 12.6. The number of rotatable bonds is 5. The lowest BCUT2D eigenvalue weighted by molar-refractivity contribution is 0.0730. The van der Waals surface area contributed by atoms with Gasteiger partial charge in [-0.1, -0.05) is 6.07 Å². The van der Waals surface area contributed by atoms with Crippen LogP contribution in [0.3, 0.4) is 0 Å². The Balaban J connectivity index is 1.71. The van der Waals surface area contributed by atoms with Crippen molar-refractivity contribution in [2.45, 2.75) is 32.6 Å². The van der Waals surface area contributed by atoms with Gasteiger partial charge in [0, 0.05) is 41.4 Å². The van der Waals surface area contributed by atoms with Crippen molar-refractivity contribution in [2.24, 2.45) is 5.10 Å². The lowest BCUT2D eigenvalue weighted by Crippen LogP contribution is -2.40. The SMILES string of the molecule is Cc1cc(C)n(/N=C/c2cc(C)n(-c3cccc(S(=O)(=O)N4CCOCC4)c3)c2C)c(=O)c1C#N. The van der Waals surface area contributed by atoms with Crippen LogP contribution in [0.25, 0.3) is 5.69 Å². The van der Waals surface area contributed by atoms with Crippen molar-refractivity contribution in [2.75, 3.05) is 26.3 Å². The average molecular weight is 494 g/mol. The summed E-state index contributed by atoms with van der Waals surface area (Å²) in [5.74, 6) is 0. The summed E-state index contributed by atoms with van der Waals surface area (Å²) in [4.78, 5) is 12.9. The summed E-state index contributed by atoms with van der Waals surface area (Å²) in [5, 5.41) is 13.7. The van der Waals surface area contributed by atoms with Gasteiger partial charge in [-0.25, -0.2) is 13.1 Å². The van der Waals surface area contributed by atoms with Gasteiger partial charge in [0.05, 0.1) is 24.3 Å². The summed E-state index contributed by atoms with van der Waals surface area (Å²) < 4.78 is 36.2. The summed E-state index contributed by atoms with van der Waals surface area (Å²) >= 11 is 0. The van der Waals surface area contributed by atoms with Crippen molar-refractivity contribution in [1.29, 1.82) is 5.26 Å². The summed E-state index contributed by atoms with van der Waals surface area (Å²) in [6.07, 6.45) is 1.58. The minimum atomic E-state index is -3.63. The maximum atomic E-state index is 13.1. The largest absolute Gasteiger partial charge is 0.379 e. The predicted octanol–water partition coefficient (Wildman–Crippen LogP) is 2.65. The van der Waals surface area contributed by atoms with Gasteiger partial charge in [0.15, 0.2) is 0 Å². The topological polar surface area (TPSA) is 110 Å². The molecule has 4 rings (SSSR count). The van der Waals surface area contributed by atoms with Gasteiger partial charge in [0.25, 0.3) is 5.56 Å². The van der Waals surface area contributed by atoms with E-state index in [1.54, 1.807) is 44.3 Å². The van der Waals surface area contributed by atoms with Crippen LogP contribution in [-0.4, -0.2) is 54.5 Å². The molecule has 3 heterocycles. The summed E-state index contributed by atoms with van der Waals surface area (Å²) in [6.45, 7) is 8.75. The molecule has 9 nitrogen and oxygen atoms in total. The van der Waals surface area contributed by atoms with E-state index < -0.39 is 15.6 Å². The zero-order chi connectivity index (χ0) is 25.3. The number of sulfonamides is 1. The van der Waals surface area contributed by atoms with Crippen LogP contribution in [0.2, 0.25) is 0 Å². The fourth-order valence-corrected chi connectivity index (χ4v) is 5.76. The van der Waals surface area contributed by atoms with E-state index in [1.165, 1.54) is 8.98 Å². The highest BCUT2D eigenvalue weighted by Gasteiger charge is 2.26. The molecule has 10 heteroatoms. The Morgan fingerprint density at radius 2 is 1.77 bits per heavy atom. The summed E-state index contributed by atoms with van der Waals surface area (Å²) in [7, 11) is -3.63. The molecule has 0 bridgehead atoms. The van der Waals surface area contributed by atoms with E-state index in [2.05, 4.69) is 5.10 Å². The van der Waals surface area contributed by atoms with Crippen LogP contribution in [0, 0.1) is 39.0 Å². The van der Waals surface area contributed by atoms with E-state index in [1.807, 2.05) is 36.6 Å². The molecule has 3 aromatic rings. The zero-order valence-corrected chi connectivity index (χ0v) is 21.0. The minimum Gasteiger partial charge on any atom is -0.379 e. The number of hydrogen-bond acceptors (Lipinski definition) is 6. The third kappa shape index (κ3) is 4.58. The maximum absolute atomic E-state index is 13.1. The Bertz CT molecular complexity index is 1520. The third-order valence-electron chi connectivity index (χ3n) is 6.14. The molecule has 1 aliphatic heterocycles. The molecule has 0 aliphatic carbocycles. The van der Waals surface area contributed by atoms with Crippen molar-refractivity contribution in [3.8, 4) is 11.8 Å². The molecular weight excluding hydrogens is 466 g/mol. The quantitative estimate of drug-likeness (QED) is 0.508. The van der Waals surface area contributed by atoms with E-state index in [0.29, 0.717) is 43.2 Å². The normalized spacial score (nSPS) is 14.9. The number of ether oxygens (including phenoxy) is 1. The molecule has 0 spiro atoms. The van der Waals surface area contributed by atoms with Gasteiger partial charge in [-0.15, -0.1) is 0 Å². The molecule has 1 aliphatic rings. The lowest BCUT2D eigenvalue weighted by Gasteiger charge is -2.26. The molecule has 0 radical (unpaired) electrons. The molecule has 1 aromatic carbocycles. The van der Waals surface area contributed by atoms with E-state index in [-0.39, 0.29) is 10.5 Å². The van der Waals surface area contributed by atoms with Crippen molar-refractivity contribution < 1.29 is 13.2 Å². The number of aromatic nitrogens is 2. The van der Waals surface area contributed by atoms with Gasteiger partial charge in [0.1, 0.15) is 11.6 Å². The Labute approximate surface area is 204 Å². The monoisotopic (exact) mass is 493 g/mol. The second-order valence-corrected chi connectivity index (χ2v) is 10.4. The highest BCUT2D eigenvalue weighted by atomic mass is 32.2. The van der Waals surface area contributed by atoms with Gasteiger partial charge in [-0.2, -0.15) is 14.7 Å². The standard InChI is InChI=1S/C25H27N5O4S/c1-17-12-19(3)30(25(31)24(17)15-26)27-16-21-13-18(2)29(20(21)4)22-6-5-7-23(14-22)35(32,33)28-8-10-34-11-9-28/h5-7,12-14,16H,8-11H2,1-4H3/b27-16+. The Morgan fingerprint density at radius 1 is 1.06 bits per heavy atom. The van der Waals surface area contributed by atoms with Crippen LogP contribution in [-0.2, 0) is 14.8 Å². The van der Waals surface area contributed by atoms with Gasteiger partial charge in [-0.3, -0.25) is 4.79 Å². The van der Waals surface area contributed by atoms with Crippen LogP contribution in [0.15, 0.2) is 51.2 Å². The number of hydrogen-bond donors (Lipinski definition) is 0. The van der Waals surface area contributed by atoms with Crippen molar-refractivity contribution in [3.63, 3.8) is 0 Å². The number of benzene rings is 1. The van der Waals surface area contributed by atoms with Gasteiger partial charge in [-0.05, 0) is 63.6 Å². The van der Waals surface area contributed by atoms with Gasteiger partial charge >= 0.3 is 0 Å². The molecule has 2 aromatic heterocycles. The van der Waals surface area contributed by atoms with Crippen LogP contribution in [0.1, 0.15) is 33.8 Å². The molecule has 1 fully saturated rings. The molecule has 0 amide bonds. The van der Waals surface area contributed by atoms with E-state index >= 15 is 0 Å². The van der Waals surface area contributed by atoms with Crippen LogP contribution in [0.5, 0.6) is 0 Å². The van der Waals surface area contributed by atoms with E-state index in [9.17, 15) is 18.5 Å². The van der Waals surface area contributed by atoms with E-state index in [4.69, 9.17) is 4.74 Å². The Kier molecular flexibility index (Phi) is 6.76. The zero-order valence-electron chi connectivity index (χ0n) is 20.1. The summed E-state index contributed by atoms with van der Waals surface area (Å²) in [5.41, 5.74) is 4.05. The number of morpholine rings is 1. The van der Waals surface area contributed by atoms with Crippen LogP contribution in [0.4, 0.5) is 0 Å². The van der Waals surface area contributed by atoms with Crippen molar-refractivity contribution in [3.05, 3.63) is 80.5 Å². The maximum Gasteiger partial charge on any atom is 0.289 e. The highest BCUT2D eigenvalue weighted by Crippen LogP contribution is 2.24. The van der Waals surface area contributed by atoms with Crippen LogP contribution < -0.4 is 5.56 Å². The van der Waals surface area contributed by atoms with Gasteiger partial charge in [0.2, 0.25) is 10.0 Å². The lowest BCUT2D eigenvalue weighted by atomic mass is 10.1. The van der Waals surface area contributed by atoms with Gasteiger partial charge < -0.3 is 9.30 Å². The smallest absolute Gasteiger partial charge is 0.289 e. The second kappa shape index (κ2) is 9.62. The fourth-order valence-electron chi connectivity index (χ4n) is 4.32. The first kappa shape index (κ1) is 24.6. The fraction of sp³-hybridized carbons (Fsp3) is 0.320. The van der Waals surface area contributed by atoms with Crippen molar-refractivity contribution >= 4 is 16.2 Å². The number of nitrogens with zero attached hydrogens (tertiary/aromatic N) is 5. The average Bonchev–Trinajstić information content (AvgIpc) is 3.12. The minimum absolute atomic E-state index is 0.0662. The molecule has 182 valence electrons. The first-order chi connectivity index (χ1) is 16.6. The molecule has 1 saturated heterocycles. The predicted molar refractivity (Wildman–Crippen MR) is 133 cm³/mol. The third-order valence-corrected chi connectivity index (χ3v) is 8.03. The molecular formula is C25H27N5O4S. The molecule has 0 atom stereocenters. The second-order valence-electron chi connectivity index (χ2n) is 8.49. The molecule has 0 saturated carbocycles. The van der Waals surface area contributed by atoms with Crippen LogP contribution >= 0.6 is 0 Å². The molecule has 0 N–H and O–H groups in total. The number of pyridine rings is 1. The highest BCUT2D eigenvalue weighted by molar-refractivity contribution is 7.89. The molecule has 0 unspecified atom stereocenters. The number of nitriles is 1.